The summed E-state index contributed by atoms with van der Waals surface area (Å²) in [7, 11) is 0. The van der Waals surface area contributed by atoms with Gasteiger partial charge in [0.25, 0.3) is 0 Å². The van der Waals surface area contributed by atoms with Gasteiger partial charge in [0.05, 0.1) is 19.8 Å². The predicted molar refractivity (Wildman–Crippen MR) is 65.0 cm³/mol. The zero-order valence-electron chi connectivity index (χ0n) is 10.5. The van der Waals surface area contributed by atoms with E-state index in [2.05, 4.69) is 5.92 Å². The number of carbonyl (C=O) groups is 2. The first kappa shape index (κ1) is 14.3. The molecule has 1 saturated heterocycles. The zero-order chi connectivity index (χ0) is 13.5. The van der Waals surface area contributed by atoms with E-state index in [0.29, 0.717) is 13.2 Å². The molecule has 1 unspecified atom stereocenters. The number of carbonyl (C=O) groups excluding carboxylic acids is 1. The van der Waals surface area contributed by atoms with Crippen LogP contribution in [0.1, 0.15) is 13.3 Å². The van der Waals surface area contributed by atoms with Gasteiger partial charge in [-0.3, -0.25) is 0 Å². The predicted octanol–water partition coefficient (Wildman–Crippen LogP) is 0.237. The maximum absolute atomic E-state index is 12.2. The lowest BCUT2D eigenvalue weighted by Crippen LogP contribution is -2.56. The van der Waals surface area contributed by atoms with Gasteiger partial charge in [-0.15, -0.1) is 6.42 Å². The Balaban J connectivity index is 2.77. The van der Waals surface area contributed by atoms with E-state index in [0.717, 1.165) is 6.42 Å². The summed E-state index contributed by atoms with van der Waals surface area (Å²) in [5, 5.41) is 9.07. The fraction of sp³-hybridized carbons (Fsp3) is 0.667. The smallest absolute Gasteiger partial charge is 0.328 e. The SMILES string of the molecule is C#CCN(CCC)C(=O)N1CCOCC1C(=O)O. The van der Waals surface area contributed by atoms with Crippen LogP contribution in [0.2, 0.25) is 0 Å². The van der Waals surface area contributed by atoms with Crippen molar-refractivity contribution < 1.29 is 19.4 Å². The molecule has 0 spiro atoms. The molecule has 0 aromatic rings. The quantitative estimate of drug-likeness (QED) is 0.729. The van der Waals surface area contributed by atoms with Crippen LogP contribution in [0, 0.1) is 12.3 Å². The van der Waals surface area contributed by atoms with Gasteiger partial charge in [-0.05, 0) is 6.42 Å². The van der Waals surface area contributed by atoms with E-state index in [-0.39, 0.29) is 25.7 Å². The van der Waals surface area contributed by atoms with Crippen LogP contribution in [0.15, 0.2) is 0 Å². The lowest BCUT2D eigenvalue weighted by atomic mass is 10.2. The second kappa shape index (κ2) is 6.87. The molecule has 0 saturated carbocycles. The molecule has 1 N–H and O–H groups in total. The van der Waals surface area contributed by atoms with Crippen LogP contribution in [-0.2, 0) is 9.53 Å². The average Bonchev–Trinajstić information content (AvgIpc) is 2.37. The number of carboxylic acids is 1. The molecule has 0 aromatic carbocycles. The van der Waals surface area contributed by atoms with Crippen molar-refractivity contribution in [2.24, 2.45) is 0 Å². The summed E-state index contributed by atoms with van der Waals surface area (Å²) in [5.74, 6) is 1.36. The van der Waals surface area contributed by atoms with Crippen LogP contribution in [0.25, 0.3) is 0 Å². The number of aliphatic carboxylic acids is 1. The third-order valence-electron chi connectivity index (χ3n) is 2.71. The second-order valence-corrected chi connectivity index (χ2v) is 4.03. The van der Waals surface area contributed by atoms with Gasteiger partial charge >= 0.3 is 12.0 Å². The van der Waals surface area contributed by atoms with E-state index in [4.69, 9.17) is 16.3 Å². The highest BCUT2D eigenvalue weighted by Crippen LogP contribution is 2.11. The average molecular weight is 254 g/mol. The maximum atomic E-state index is 12.2. The van der Waals surface area contributed by atoms with Crippen molar-refractivity contribution in [1.82, 2.24) is 9.80 Å². The molecule has 1 fully saturated rings. The molecule has 1 heterocycles. The molecule has 1 rings (SSSR count). The minimum absolute atomic E-state index is 0.0249. The molecule has 0 aromatic heterocycles. The number of rotatable bonds is 4. The summed E-state index contributed by atoms with van der Waals surface area (Å²) in [6.45, 7) is 3.30. The van der Waals surface area contributed by atoms with Crippen molar-refractivity contribution >= 4 is 12.0 Å². The van der Waals surface area contributed by atoms with Crippen molar-refractivity contribution in [2.75, 3.05) is 32.8 Å². The number of carboxylic acid groups (broad SMARTS) is 1. The Hall–Kier alpha value is -1.74. The van der Waals surface area contributed by atoms with Crippen molar-refractivity contribution in [2.45, 2.75) is 19.4 Å². The van der Waals surface area contributed by atoms with Gasteiger partial charge < -0.3 is 19.6 Å². The first-order valence-corrected chi connectivity index (χ1v) is 5.91. The summed E-state index contributed by atoms with van der Waals surface area (Å²) in [4.78, 5) is 26.1. The highest BCUT2D eigenvalue weighted by Gasteiger charge is 2.34. The lowest BCUT2D eigenvalue weighted by molar-refractivity contribution is -0.147. The minimum atomic E-state index is -1.06. The van der Waals surface area contributed by atoms with E-state index >= 15 is 0 Å². The van der Waals surface area contributed by atoms with Crippen molar-refractivity contribution in [3.8, 4) is 12.3 Å². The monoisotopic (exact) mass is 254 g/mol. The summed E-state index contributed by atoms with van der Waals surface area (Å²) in [6, 6.07) is -1.26. The highest BCUT2D eigenvalue weighted by molar-refractivity contribution is 5.83. The van der Waals surface area contributed by atoms with E-state index in [1.807, 2.05) is 6.92 Å². The van der Waals surface area contributed by atoms with Crippen LogP contribution in [-0.4, -0.2) is 65.8 Å². The summed E-state index contributed by atoms with van der Waals surface area (Å²) < 4.78 is 5.09. The molecule has 1 atom stereocenters. The Kier molecular flexibility index (Phi) is 5.46. The van der Waals surface area contributed by atoms with Crippen LogP contribution >= 0.6 is 0 Å². The van der Waals surface area contributed by atoms with Crippen molar-refractivity contribution in [3.05, 3.63) is 0 Å². The number of morpholine rings is 1. The second-order valence-electron chi connectivity index (χ2n) is 4.03. The van der Waals surface area contributed by atoms with Gasteiger partial charge in [0.2, 0.25) is 0 Å². The number of urea groups is 1. The molecule has 2 amide bonds. The zero-order valence-corrected chi connectivity index (χ0v) is 10.5. The molecule has 0 aliphatic carbocycles. The first-order chi connectivity index (χ1) is 8.61. The number of ether oxygens (including phenoxy) is 1. The highest BCUT2D eigenvalue weighted by atomic mass is 16.5. The molecular formula is C12H18N2O4. The van der Waals surface area contributed by atoms with Gasteiger partial charge in [-0.25, -0.2) is 9.59 Å². The number of hydrogen-bond acceptors (Lipinski definition) is 3. The number of hydrogen-bond donors (Lipinski definition) is 1. The largest absolute Gasteiger partial charge is 0.480 e. The molecule has 0 radical (unpaired) electrons. The van der Waals surface area contributed by atoms with Crippen molar-refractivity contribution in [3.63, 3.8) is 0 Å². The molecule has 6 nitrogen and oxygen atoms in total. The van der Waals surface area contributed by atoms with Crippen molar-refractivity contribution in [1.29, 1.82) is 0 Å². The Morgan fingerprint density at radius 2 is 2.33 bits per heavy atom. The van der Waals surface area contributed by atoms with Crippen LogP contribution in [0.5, 0.6) is 0 Å². The Labute approximate surface area is 106 Å². The summed E-state index contributed by atoms with van der Waals surface area (Å²) >= 11 is 0. The van der Waals surface area contributed by atoms with Gasteiger partial charge in [0.1, 0.15) is 0 Å². The fourth-order valence-electron chi connectivity index (χ4n) is 1.84. The maximum Gasteiger partial charge on any atom is 0.328 e. The van der Waals surface area contributed by atoms with Gasteiger partial charge in [0.15, 0.2) is 6.04 Å². The number of nitrogens with zero attached hydrogens (tertiary/aromatic N) is 2. The summed E-state index contributed by atoms with van der Waals surface area (Å²) in [5.41, 5.74) is 0. The first-order valence-electron chi connectivity index (χ1n) is 5.91. The number of amides is 2. The molecule has 1 aliphatic heterocycles. The summed E-state index contributed by atoms with van der Waals surface area (Å²) in [6.07, 6.45) is 5.99. The topological polar surface area (TPSA) is 70.1 Å². The molecule has 100 valence electrons. The van der Waals surface area contributed by atoms with Gasteiger partial charge in [0, 0.05) is 13.1 Å². The minimum Gasteiger partial charge on any atom is -0.480 e. The normalized spacial score (nSPS) is 19.1. The number of terminal acetylenes is 1. The van der Waals surface area contributed by atoms with Gasteiger partial charge in [-0.2, -0.15) is 0 Å². The molecule has 0 bridgehead atoms. The van der Waals surface area contributed by atoms with E-state index in [1.54, 1.807) is 0 Å². The van der Waals surface area contributed by atoms with Crippen LogP contribution in [0.4, 0.5) is 4.79 Å². The molecule has 18 heavy (non-hydrogen) atoms. The third kappa shape index (κ3) is 3.37. The van der Waals surface area contributed by atoms with E-state index < -0.39 is 12.0 Å². The van der Waals surface area contributed by atoms with Crippen LogP contribution < -0.4 is 0 Å². The molecular weight excluding hydrogens is 236 g/mol. The Morgan fingerprint density at radius 1 is 1.61 bits per heavy atom. The van der Waals surface area contributed by atoms with Gasteiger partial charge in [-0.1, -0.05) is 12.8 Å². The Bertz CT molecular complexity index is 350. The molecule has 6 heteroatoms. The Morgan fingerprint density at radius 3 is 2.89 bits per heavy atom. The third-order valence-corrected chi connectivity index (χ3v) is 2.71. The standard InChI is InChI=1S/C12H18N2O4/c1-3-5-13(6-4-2)12(17)14-7-8-18-9-10(14)11(15)16/h1,10H,4-9H2,2H3,(H,15,16). The van der Waals surface area contributed by atoms with Crippen LogP contribution in [0.3, 0.4) is 0 Å². The van der Waals surface area contributed by atoms with E-state index in [9.17, 15) is 9.59 Å². The molecule has 1 aliphatic rings. The van der Waals surface area contributed by atoms with E-state index in [1.165, 1.54) is 9.80 Å². The lowest BCUT2D eigenvalue weighted by Gasteiger charge is -2.36. The fourth-order valence-corrected chi connectivity index (χ4v) is 1.84.